The molecular formula is C12H24N4O. The summed E-state index contributed by atoms with van der Waals surface area (Å²) in [5.74, 6) is 0.628. The van der Waals surface area contributed by atoms with Crippen molar-refractivity contribution in [2.75, 3.05) is 0 Å². The maximum atomic E-state index is 5.98. The minimum atomic E-state index is -0.0510. The largest absolute Gasteiger partial charge is 0.367 e. The lowest BCUT2D eigenvalue weighted by atomic mass is 9.93. The van der Waals surface area contributed by atoms with Crippen LogP contribution < -0.4 is 0 Å². The van der Waals surface area contributed by atoms with Crippen LogP contribution in [-0.4, -0.2) is 26.2 Å². The monoisotopic (exact) mass is 240 g/mol. The molecule has 0 saturated heterocycles. The molecular weight excluding hydrogens is 216 g/mol. The molecule has 1 aromatic heterocycles. The van der Waals surface area contributed by atoms with Gasteiger partial charge in [0, 0.05) is 0 Å². The predicted octanol–water partition coefficient (Wildman–Crippen LogP) is 2.86. The fraction of sp³-hybridized carbons (Fsp3) is 0.917. The van der Waals surface area contributed by atoms with E-state index in [1.54, 1.807) is 0 Å². The normalized spacial score (nSPS) is 14.8. The molecule has 0 spiro atoms. The Morgan fingerprint density at radius 3 is 2.59 bits per heavy atom. The Hall–Kier alpha value is -0.970. The van der Waals surface area contributed by atoms with E-state index in [-0.39, 0.29) is 5.60 Å². The summed E-state index contributed by atoms with van der Waals surface area (Å²) in [5.41, 5.74) is -0.0510. The average molecular weight is 240 g/mol. The Bertz CT molecular complexity index is 289. The van der Waals surface area contributed by atoms with Crippen LogP contribution in [0.2, 0.25) is 0 Å². The molecule has 1 rings (SSSR count). The number of aromatic amines is 1. The van der Waals surface area contributed by atoms with Crippen molar-refractivity contribution in [3.8, 4) is 0 Å². The van der Waals surface area contributed by atoms with Crippen LogP contribution >= 0.6 is 0 Å². The van der Waals surface area contributed by atoms with E-state index in [1.807, 2.05) is 0 Å². The second kappa shape index (κ2) is 7.37. The molecule has 1 heterocycles. The quantitative estimate of drug-likeness (QED) is 0.674. The Labute approximate surface area is 103 Å². The minimum Gasteiger partial charge on any atom is -0.367 e. The summed E-state index contributed by atoms with van der Waals surface area (Å²) in [6, 6.07) is 0. The third kappa shape index (κ3) is 5.26. The van der Waals surface area contributed by atoms with E-state index in [2.05, 4.69) is 41.4 Å². The van der Waals surface area contributed by atoms with E-state index in [1.165, 1.54) is 19.3 Å². The fourth-order valence-corrected chi connectivity index (χ4v) is 2.03. The molecule has 0 radical (unpaired) electrons. The molecule has 17 heavy (non-hydrogen) atoms. The molecule has 1 unspecified atom stereocenters. The fourth-order valence-electron chi connectivity index (χ4n) is 2.03. The molecule has 0 aliphatic carbocycles. The Morgan fingerprint density at radius 2 is 2.00 bits per heavy atom. The Kier molecular flexibility index (Phi) is 6.11. The number of nitrogens with zero attached hydrogens (tertiary/aromatic N) is 3. The molecule has 1 N–H and O–H groups in total. The summed E-state index contributed by atoms with van der Waals surface area (Å²) < 4.78 is 5.98. The van der Waals surface area contributed by atoms with Crippen LogP contribution in [0.4, 0.5) is 0 Å². The summed E-state index contributed by atoms with van der Waals surface area (Å²) in [7, 11) is 0. The van der Waals surface area contributed by atoms with Crippen molar-refractivity contribution in [1.82, 2.24) is 20.6 Å². The van der Waals surface area contributed by atoms with Gasteiger partial charge >= 0.3 is 0 Å². The summed E-state index contributed by atoms with van der Waals surface area (Å²) in [6.07, 6.45) is 7.05. The topological polar surface area (TPSA) is 63.7 Å². The van der Waals surface area contributed by atoms with Crippen LogP contribution in [0.1, 0.15) is 65.1 Å². The zero-order valence-electron chi connectivity index (χ0n) is 11.2. The van der Waals surface area contributed by atoms with Gasteiger partial charge in [-0.3, -0.25) is 0 Å². The lowest BCUT2D eigenvalue weighted by molar-refractivity contribution is -0.0590. The number of rotatable bonds is 9. The van der Waals surface area contributed by atoms with Crippen LogP contribution in [0, 0.1) is 0 Å². The van der Waals surface area contributed by atoms with Crippen molar-refractivity contribution < 1.29 is 4.74 Å². The molecule has 0 aliphatic rings. The van der Waals surface area contributed by atoms with Gasteiger partial charge in [0.05, 0.1) is 5.60 Å². The molecule has 1 atom stereocenters. The highest BCUT2D eigenvalue weighted by atomic mass is 16.5. The maximum Gasteiger partial charge on any atom is 0.200 e. The van der Waals surface area contributed by atoms with E-state index >= 15 is 0 Å². The molecule has 5 nitrogen and oxygen atoms in total. The molecule has 0 aliphatic heterocycles. The molecule has 98 valence electrons. The number of hydrogen-bond donors (Lipinski definition) is 1. The second-order valence-electron chi connectivity index (χ2n) is 4.77. The van der Waals surface area contributed by atoms with Gasteiger partial charge in [0.15, 0.2) is 5.82 Å². The van der Waals surface area contributed by atoms with Gasteiger partial charge < -0.3 is 4.74 Å². The number of unbranched alkanes of at least 4 members (excludes halogenated alkanes) is 2. The molecule has 0 fully saturated rings. The van der Waals surface area contributed by atoms with Crippen LogP contribution in [0.15, 0.2) is 0 Å². The van der Waals surface area contributed by atoms with E-state index in [0.29, 0.717) is 12.4 Å². The van der Waals surface area contributed by atoms with Crippen LogP contribution in [-0.2, 0) is 11.3 Å². The van der Waals surface area contributed by atoms with Crippen molar-refractivity contribution >= 4 is 0 Å². The third-order valence-electron chi connectivity index (χ3n) is 3.03. The number of H-pyrrole nitrogens is 1. The Balaban J connectivity index is 2.39. The van der Waals surface area contributed by atoms with Crippen molar-refractivity contribution in [3.63, 3.8) is 0 Å². The SMILES string of the molecule is CCCCCC(C)(CCC)OCc1nn[nH]n1. The van der Waals surface area contributed by atoms with Gasteiger partial charge in [-0.2, -0.15) is 5.21 Å². The first-order valence-electron chi connectivity index (χ1n) is 6.56. The predicted molar refractivity (Wildman–Crippen MR) is 66.4 cm³/mol. The van der Waals surface area contributed by atoms with Crippen molar-refractivity contribution in [2.24, 2.45) is 0 Å². The summed E-state index contributed by atoms with van der Waals surface area (Å²) in [5, 5.41) is 13.8. The van der Waals surface area contributed by atoms with E-state index in [9.17, 15) is 0 Å². The van der Waals surface area contributed by atoms with Crippen LogP contribution in [0.25, 0.3) is 0 Å². The third-order valence-corrected chi connectivity index (χ3v) is 3.03. The molecule has 1 aromatic rings. The highest BCUT2D eigenvalue weighted by Gasteiger charge is 2.24. The summed E-state index contributed by atoms with van der Waals surface area (Å²) in [6.45, 7) is 7.04. The van der Waals surface area contributed by atoms with Gasteiger partial charge in [-0.1, -0.05) is 44.7 Å². The van der Waals surface area contributed by atoms with Gasteiger partial charge in [0.2, 0.25) is 0 Å². The highest BCUT2D eigenvalue weighted by Crippen LogP contribution is 2.25. The molecule has 0 saturated carbocycles. The number of ether oxygens (including phenoxy) is 1. The van der Waals surface area contributed by atoms with Gasteiger partial charge in [-0.15, -0.1) is 10.2 Å². The number of aromatic nitrogens is 4. The maximum absolute atomic E-state index is 5.98. The first-order chi connectivity index (χ1) is 8.20. The Morgan fingerprint density at radius 1 is 1.18 bits per heavy atom. The van der Waals surface area contributed by atoms with E-state index in [0.717, 1.165) is 19.3 Å². The smallest absolute Gasteiger partial charge is 0.200 e. The lowest BCUT2D eigenvalue weighted by Crippen LogP contribution is -2.28. The van der Waals surface area contributed by atoms with E-state index < -0.39 is 0 Å². The first-order valence-corrected chi connectivity index (χ1v) is 6.56. The van der Waals surface area contributed by atoms with Crippen LogP contribution in [0.3, 0.4) is 0 Å². The van der Waals surface area contributed by atoms with Crippen molar-refractivity contribution in [1.29, 1.82) is 0 Å². The van der Waals surface area contributed by atoms with Gasteiger partial charge in [-0.05, 0) is 19.8 Å². The van der Waals surface area contributed by atoms with Gasteiger partial charge in [-0.25, -0.2) is 0 Å². The number of hydrogen-bond acceptors (Lipinski definition) is 4. The van der Waals surface area contributed by atoms with Crippen LogP contribution in [0.5, 0.6) is 0 Å². The second-order valence-corrected chi connectivity index (χ2v) is 4.77. The van der Waals surface area contributed by atoms with E-state index in [4.69, 9.17) is 4.74 Å². The standard InChI is InChI=1S/C12H24N4O/c1-4-6-7-9-12(3,8-5-2)17-10-11-13-15-16-14-11/h4-10H2,1-3H3,(H,13,14,15,16). The number of nitrogens with one attached hydrogen (secondary N) is 1. The lowest BCUT2D eigenvalue weighted by Gasteiger charge is -2.29. The van der Waals surface area contributed by atoms with Gasteiger partial charge in [0.1, 0.15) is 6.61 Å². The summed E-state index contributed by atoms with van der Waals surface area (Å²) >= 11 is 0. The van der Waals surface area contributed by atoms with Gasteiger partial charge in [0.25, 0.3) is 0 Å². The average Bonchev–Trinajstić information content (AvgIpc) is 2.80. The minimum absolute atomic E-state index is 0.0510. The molecule has 0 aromatic carbocycles. The summed E-state index contributed by atoms with van der Waals surface area (Å²) in [4.78, 5) is 0. The zero-order chi connectivity index (χ0) is 12.6. The van der Waals surface area contributed by atoms with Crippen molar-refractivity contribution in [2.45, 2.75) is 71.5 Å². The number of tetrazole rings is 1. The highest BCUT2D eigenvalue weighted by molar-refractivity contribution is 4.78. The molecule has 0 bridgehead atoms. The molecule has 5 heteroatoms. The first kappa shape index (κ1) is 14.1. The zero-order valence-corrected chi connectivity index (χ0v) is 11.2. The molecule has 0 amide bonds. The van der Waals surface area contributed by atoms with Crippen molar-refractivity contribution in [3.05, 3.63) is 5.82 Å².